The van der Waals surface area contributed by atoms with E-state index in [0.717, 1.165) is 26.2 Å². The molecule has 0 unspecified atom stereocenters. The molecule has 1 heterocycles. The highest BCUT2D eigenvalue weighted by Crippen LogP contribution is 1.90. The first-order valence-electron chi connectivity index (χ1n) is 3.84. The molecule has 0 atom stereocenters. The molecule has 0 amide bonds. The molecule has 6 nitrogen and oxygen atoms in total. The lowest BCUT2D eigenvalue weighted by Gasteiger charge is -2.27. The Labute approximate surface area is 108 Å². The summed E-state index contributed by atoms with van der Waals surface area (Å²) in [6, 6.07) is 0. The van der Waals surface area contributed by atoms with E-state index in [1.165, 1.54) is 0 Å². The van der Waals surface area contributed by atoms with Crippen molar-refractivity contribution in [1.29, 1.82) is 5.41 Å². The van der Waals surface area contributed by atoms with Crippen LogP contribution in [0.2, 0.25) is 0 Å². The summed E-state index contributed by atoms with van der Waals surface area (Å²) >= 11 is 0. The molecular weight excluding hydrogens is 262 g/mol. The lowest BCUT2D eigenvalue weighted by molar-refractivity contribution is 0.354. The summed E-state index contributed by atoms with van der Waals surface area (Å²) in [7, 11) is 0. The number of piperazine rings is 1. The van der Waals surface area contributed by atoms with Gasteiger partial charge in [0.05, 0.1) is 0 Å². The highest BCUT2D eigenvalue weighted by atomic mass is 35.5. The van der Waals surface area contributed by atoms with Gasteiger partial charge in [0.2, 0.25) is 5.96 Å². The zero-order valence-corrected chi connectivity index (χ0v) is 10.6. The van der Waals surface area contributed by atoms with Crippen LogP contribution in [0.5, 0.6) is 0 Å². The fraction of sp³-hybridized carbons (Fsp3) is 0.667. The van der Waals surface area contributed by atoms with Crippen molar-refractivity contribution in [2.75, 3.05) is 26.2 Å². The fourth-order valence-electron chi connectivity index (χ4n) is 1.09. The van der Waals surface area contributed by atoms with Crippen LogP contribution in [0.1, 0.15) is 0 Å². The Hall–Kier alpha value is -0.430. The van der Waals surface area contributed by atoms with E-state index in [1.807, 2.05) is 4.90 Å². The van der Waals surface area contributed by atoms with Crippen molar-refractivity contribution in [3.05, 3.63) is 0 Å². The van der Waals surface area contributed by atoms with Crippen molar-refractivity contribution in [2.24, 2.45) is 16.5 Å². The first-order valence-corrected chi connectivity index (χ1v) is 3.84. The minimum atomic E-state index is -0.244. The van der Waals surface area contributed by atoms with Crippen LogP contribution >= 0.6 is 37.2 Å². The first-order chi connectivity index (χ1) is 5.70. The molecule has 9 heteroatoms. The van der Waals surface area contributed by atoms with Gasteiger partial charge in [-0.15, -0.1) is 37.2 Å². The summed E-state index contributed by atoms with van der Waals surface area (Å²) in [6.07, 6.45) is 0. The van der Waals surface area contributed by atoms with E-state index < -0.39 is 0 Å². The quantitative estimate of drug-likeness (QED) is 0.350. The van der Waals surface area contributed by atoms with Gasteiger partial charge >= 0.3 is 0 Å². The molecule has 92 valence electrons. The van der Waals surface area contributed by atoms with Crippen molar-refractivity contribution in [3.8, 4) is 0 Å². The minimum absolute atomic E-state index is 0. The average Bonchev–Trinajstić information content (AvgIpc) is 2.05. The maximum atomic E-state index is 6.91. The molecule has 0 aliphatic carbocycles. The Morgan fingerprint density at radius 3 is 2.00 bits per heavy atom. The Bertz CT molecular complexity index is 203. The third-order valence-corrected chi connectivity index (χ3v) is 1.68. The summed E-state index contributed by atoms with van der Waals surface area (Å²) < 4.78 is 0. The molecular formula is C6H17Cl3N6. The molecule has 0 aromatic carbocycles. The summed E-state index contributed by atoms with van der Waals surface area (Å²) in [4.78, 5) is 5.56. The van der Waals surface area contributed by atoms with Crippen LogP contribution in [-0.2, 0) is 0 Å². The fourth-order valence-corrected chi connectivity index (χ4v) is 1.09. The Morgan fingerprint density at radius 2 is 1.60 bits per heavy atom. The summed E-state index contributed by atoms with van der Waals surface area (Å²) in [5.74, 6) is 0.0926. The molecule has 15 heavy (non-hydrogen) atoms. The summed E-state index contributed by atoms with van der Waals surface area (Å²) in [5, 5.41) is 10.1. The third kappa shape index (κ3) is 7.49. The molecule has 1 aliphatic rings. The van der Waals surface area contributed by atoms with Gasteiger partial charge in [-0.1, -0.05) is 0 Å². The van der Waals surface area contributed by atoms with Gasteiger partial charge in [-0.25, -0.2) is 0 Å². The number of nitrogens with zero attached hydrogens (tertiary/aromatic N) is 2. The molecule has 0 spiro atoms. The molecule has 1 rings (SSSR count). The lowest BCUT2D eigenvalue weighted by Crippen LogP contribution is -2.49. The zero-order valence-electron chi connectivity index (χ0n) is 8.10. The van der Waals surface area contributed by atoms with Crippen molar-refractivity contribution < 1.29 is 0 Å². The number of halogens is 3. The van der Waals surface area contributed by atoms with E-state index in [0.29, 0.717) is 5.96 Å². The van der Waals surface area contributed by atoms with Gasteiger partial charge in [-0.05, 0) is 0 Å². The number of aliphatic imine (C=N–C) groups is 1. The second kappa shape index (κ2) is 10.1. The van der Waals surface area contributed by atoms with Gasteiger partial charge in [0.1, 0.15) is 0 Å². The number of hydrogen-bond donors (Lipinski definition) is 4. The minimum Gasteiger partial charge on any atom is -0.369 e. The Morgan fingerprint density at radius 1 is 1.13 bits per heavy atom. The highest BCUT2D eigenvalue weighted by molar-refractivity contribution is 5.91. The zero-order chi connectivity index (χ0) is 8.97. The number of guanidine groups is 2. The predicted molar refractivity (Wildman–Crippen MR) is 69.7 cm³/mol. The van der Waals surface area contributed by atoms with E-state index in [4.69, 9.17) is 16.9 Å². The second-order valence-corrected chi connectivity index (χ2v) is 2.59. The smallest absolute Gasteiger partial charge is 0.215 e. The summed E-state index contributed by atoms with van der Waals surface area (Å²) in [5.41, 5.74) is 10.7. The van der Waals surface area contributed by atoms with Crippen LogP contribution in [0.25, 0.3) is 0 Å². The molecule has 0 aromatic heterocycles. The van der Waals surface area contributed by atoms with Crippen LogP contribution in [0.3, 0.4) is 0 Å². The number of rotatable bonds is 0. The largest absolute Gasteiger partial charge is 0.369 e. The third-order valence-electron chi connectivity index (χ3n) is 1.68. The van der Waals surface area contributed by atoms with Crippen LogP contribution in [-0.4, -0.2) is 43.0 Å². The maximum Gasteiger partial charge on any atom is 0.215 e. The first kappa shape index (κ1) is 20.0. The number of nitrogens with two attached hydrogens (primary N) is 2. The SMILES string of the molecule is Cl.Cl.Cl.N=C(N)N=C(N)N1CCNCC1. The number of hydrogen-bond acceptors (Lipinski definition) is 2. The molecule has 0 bridgehead atoms. The van der Waals surface area contributed by atoms with E-state index in [2.05, 4.69) is 10.3 Å². The molecule has 0 radical (unpaired) electrons. The average molecular weight is 280 g/mol. The van der Waals surface area contributed by atoms with Crippen LogP contribution < -0.4 is 16.8 Å². The van der Waals surface area contributed by atoms with Crippen LogP contribution in [0.15, 0.2) is 4.99 Å². The maximum absolute atomic E-state index is 6.91. The summed E-state index contributed by atoms with van der Waals surface area (Å²) in [6.45, 7) is 3.44. The molecule has 6 N–H and O–H groups in total. The normalized spacial score (nSPS) is 15.5. The Kier molecular flexibility index (Phi) is 13.5. The standard InChI is InChI=1S/C6H14N6.3ClH/c7-5(8)11-6(9)12-3-1-10-2-4-12;;;/h10H,1-4H2,(H5,7,8,9,11);3*1H. The predicted octanol–water partition coefficient (Wildman–Crippen LogP) is -0.635. The van der Waals surface area contributed by atoms with E-state index >= 15 is 0 Å². The molecule has 0 aromatic rings. The van der Waals surface area contributed by atoms with Crippen molar-refractivity contribution in [1.82, 2.24) is 10.2 Å². The van der Waals surface area contributed by atoms with Gasteiger partial charge in [0, 0.05) is 26.2 Å². The number of nitrogens with one attached hydrogen (secondary N) is 2. The van der Waals surface area contributed by atoms with Gasteiger partial charge in [-0.3, -0.25) is 5.41 Å². The second-order valence-electron chi connectivity index (χ2n) is 2.59. The van der Waals surface area contributed by atoms with E-state index in [1.54, 1.807) is 0 Å². The van der Waals surface area contributed by atoms with Gasteiger partial charge in [0.25, 0.3) is 0 Å². The van der Waals surface area contributed by atoms with Crippen LogP contribution in [0.4, 0.5) is 0 Å². The molecule has 0 saturated carbocycles. The molecule has 1 fully saturated rings. The molecule has 1 aliphatic heterocycles. The lowest BCUT2D eigenvalue weighted by atomic mass is 10.4. The Balaban J connectivity index is -0.000000480. The monoisotopic (exact) mass is 278 g/mol. The van der Waals surface area contributed by atoms with Gasteiger partial charge < -0.3 is 21.7 Å². The molecule has 1 saturated heterocycles. The van der Waals surface area contributed by atoms with Gasteiger partial charge in [-0.2, -0.15) is 4.99 Å². The highest BCUT2D eigenvalue weighted by Gasteiger charge is 2.10. The van der Waals surface area contributed by atoms with Gasteiger partial charge in [0.15, 0.2) is 5.96 Å². The van der Waals surface area contributed by atoms with Crippen molar-refractivity contribution in [2.45, 2.75) is 0 Å². The van der Waals surface area contributed by atoms with Crippen LogP contribution in [0, 0.1) is 5.41 Å². The van der Waals surface area contributed by atoms with E-state index in [-0.39, 0.29) is 43.2 Å². The van der Waals surface area contributed by atoms with Crippen molar-refractivity contribution >= 4 is 49.1 Å². The topological polar surface area (TPSA) is 104 Å². The van der Waals surface area contributed by atoms with E-state index in [9.17, 15) is 0 Å². The van der Waals surface area contributed by atoms with Crippen molar-refractivity contribution in [3.63, 3.8) is 0 Å².